The van der Waals surface area contributed by atoms with Gasteiger partial charge in [0.2, 0.25) is 10.0 Å². The van der Waals surface area contributed by atoms with E-state index >= 15 is 0 Å². The lowest BCUT2D eigenvalue weighted by Gasteiger charge is -2.23. The molecule has 1 aliphatic rings. The smallest absolute Gasteiger partial charge is 0.244 e. The zero-order valence-electron chi connectivity index (χ0n) is 12.2. The Morgan fingerprint density at radius 1 is 1.29 bits per heavy atom. The fourth-order valence-electron chi connectivity index (χ4n) is 2.52. The summed E-state index contributed by atoms with van der Waals surface area (Å²) in [6.45, 7) is 5.25. The molecular formula is C14H20BrFN2O2S. The zero-order valence-corrected chi connectivity index (χ0v) is 14.6. The van der Waals surface area contributed by atoms with Gasteiger partial charge in [-0.05, 0) is 52.7 Å². The fraction of sp³-hybridized carbons (Fsp3) is 0.571. The van der Waals surface area contributed by atoms with Gasteiger partial charge in [-0.1, -0.05) is 13.8 Å². The highest BCUT2D eigenvalue weighted by Crippen LogP contribution is 2.34. The molecule has 7 heteroatoms. The van der Waals surface area contributed by atoms with Gasteiger partial charge in [0.25, 0.3) is 0 Å². The molecule has 2 rings (SSSR count). The quantitative estimate of drug-likeness (QED) is 0.802. The molecule has 1 aliphatic heterocycles. The molecule has 1 aromatic carbocycles. The Bertz CT molecular complexity index is 647. The first-order valence-electron chi connectivity index (χ1n) is 6.88. The van der Waals surface area contributed by atoms with Crippen molar-refractivity contribution in [2.24, 2.45) is 5.41 Å². The summed E-state index contributed by atoms with van der Waals surface area (Å²) >= 11 is 3.12. The average molecular weight is 379 g/mol. The molecule has 0 unspecified atom stereocenters. The van der Waals surface area contributed by atoms with E-state index < -0.39 is 15.8 Å². The van der Waals surface area contributed by atoms with Crippen LogP contribution in [0.5, 0.6) is 0 Å². The number of sulfonamides is 1. The Morgan fingerprint density at radius 3 is 2.62 bits per heavy atom. The van der Waals surface area contributed by atoms with Crippen molar-refractivity contribution in [2.75, 3.05) is 18.8 Å². The summed E-state index contributed by atoms with van der Waals surface area (Å²) in [5, 5.41) is 0. The van der Waals surface area contributed by atoms with Crippen molar-refractivity contribution < 1.29 is 12.8 Å². The summed E-state index contributed by atoms with van der Waals surface area (Å²) in [6, 6.07) is 2.29. The van der Waals surface area contributed by atoms with Crippen LogP contribution in [0.1, 0.15) is 33.1 Å². The Morgan fingerprint density at radius 2 is 1.95 bits per heavy atom. The minimum atomic E-state index is -3.67. The van der Waals surface area contributed by atoms with Crippen LogP contribution in [0.4, 0.5) is 10.1 Å². The molecule has 0 aromatic heterocycles. The summed E-state index contributed by atoms with van der Waals surface area (Å²) in [4.78, 5) is 0.0288. The first-order valence-corrected chi connectivity index (χ1v) is 9.11. The molecule has 0 spiro atoms. The molecule has 1 fully saturated rings. The number of nitrogens with zero attached hydrogens (tertiary/aromatic N) is 1. The highest BCUT2D eigenvalue weighted by molar-refractivity contribution is 9.10. The summed E-state index contributed by atoms with van der Waals surface area (Å²) in [5.41, 5.74) is 5.49. The molecule has 0 bridgehead atoms. The van der Waals surface area contributed by atoms with Crippen LogP contribution in [-0.2, 0) is 10.0 Å². The van der Waals surface area contributed by atoms with Gasteiger partial charge >= 0.3 is 0 Å². The molecule has 1 saturated heterocycles. The Labute approximate surface area is 133 Å². The second-order valence-electron chi connectivity index (χ2n) is 6.23. The number of rotatable bonds is 2. The van der Waals surface area contributed by atoms with Crippen molar-refractivity contribution in [1.29, 1.82) is 0 Å². The van der Waals surface area contributed by atoms with Gasteiger partial charge in [-0.25, -0.2) is 12.8 Å². The van der Waals surface area contributed by atoms with Crippen molar-refractivity contribution in [3.63, 3.8) is 0 Å². The molecule has 118 valence electrons. The van der Waals surface area contributed by atoms with Crippen molar-refractivity contribution in [2.45, 2.75) is 38.0 Å². The molecule has 4 nitrogen and oxygen atoms in total. The molecule has 1 aromatic rings. The number of benzene rings is 1. The minimum Gasteiger partial charge on any atom is -0.396 e. The highest BCUT2D eigenvalue weighted by atomic mass is 79.9. The summed E-state index contributed by atoms with van der Waals surface area (Å²) in [7, 11) is -3.67. The molecule has 0 aliphatic carbocycles. The first-order chi connectivity index (χ1) is 9.63. The van der Waals surface area contributed by atoms with Crippen molar-refractivity contribution in [3.8, 4) is 0 Å². The van der Waals surface area contributed by atoms with Crippen LogP contribution in [0.15, 0.2) is 21.5 Å². The molecule has 0 radical (unpaired) electrons. The third-order valence-electron chi connectivity index (χ3n) is 3.97. The maximum atomic E-state index is 13.4. The van der Waals surface area contributed by atoms with Crippen LogP contribution >= 0.6 is 15.9 Å². The van der Waals surface area contributed by atoms with Gasteiger partial charge < -0.3 is 5.73 Å². The van der Waals surface area contributed by atoms with E-state index in [1.165, 1.54) is 10.4 Å². The predicted molar refractivity (Wildman–Crippen MR) is 84.9 cm³/mol. The van der Waals surface area contributed by atoms with E-state index in [0.717, 1.165) is 25.3 Å². The van der Waals surface area contributed by atoms with Gasteiger partial charge in [0.1, 0.15) is 5.82 Å². The molecule has 21 heavy (non-hydrogen) atoms. The molecule has 1 heterocycles. The van der Waals surface area contributed by atoms with Crippen molar-refractivity contribution in [1.82, 2.24) is 4.31 Å². The topological polar surface area (TPSA) is 63.4 Å². The van der Waals surface area contributed by atoms with Crippen LogP contribution in [0.3, 0.4) is 0 Å². The van der Waals surface area contributed by atoms with Gasteiger partial charge in [0, 0.05) is 17.6 Å². The standard InChI is InChI=1S/C14H20BrFN2O2S/c1-14(2)4-3-6-18(7-5-14)21(19,20)13-9-12(17)11(16)8-10(13)15/h8-9H,3-7,17H2,1-2H3. The molecule has 0 atom stereocenters. The van der Waals surface area contributed by atoms with E-state index in [4.69, 9.17) is 5.73 Å². The fourth-order valence-corrected chi connectivity index (χ4v) is 5.01. The van der Waals surface area contributed by atoms with Crippen LogP contribution in [-0.4, -0.2) is 25.8 Å². The Hall–Kier alpha value is -0.660. The van der Waals surface area contributed by atoms with E-state index in [-0.39, 0.29) is 20.5 Å². The van der Waals surface area contributed by atoms with Crippen LogP contribution in [0.2, 0.25) is 0 Å². The minimum absolute atomic E-state index is 0.0288. The lowest BCUT2D eigenvalue weighted by Crippen LogP contribution is -2.32. The molecule has 2 N–H and O–H groups in total. The summed E-state index contributed by atoms with van der Waals surface area (Å²) in [5.74, 6) is -0.627. The van der Waals surface area contributed by atoms with Gasteiger partial charge in [-0.3, -0.25) is 0 Å². The number of nitrogens with two attached hydrogens (primary N) is 1. The van der Waals surface area contributed by atoms with Gasteiger partial charge in [0.05, 0.1) is 10.6 Å². The highest BCUT2D eigenvalue weighted by Gasteiger charge is 2.32. The van der Waals surface area contributed by atoms with E-state index in [1.807, 2.05) is 0 Å². The lowest BCUT2D eigenvalue weighted by molar-refractivity contribution is 0.315. The van der Waals surface area contributed by atoms with Crippen molar-refractivity contribution >= 4 is 31.6 Å². The second-order valence-corrected chi connectivity index (χ2v) is 8.99. The maximum Gasteiger partial charge on any atom is 0.244 e. The number of halogens is 2. The van der Waals surface area contributed by atoms with E-state index in [2.05, 4.69) is 29.8 Å². The SMILES string of the molecule is CC1(C)CCCN(S(=O)(=O)c2cc(N)c(F)cc2Br)CC1. The van der Waals surface area contributed by atoms with Crippen LogP contribution < -0.4 is 5.73 Å². The third-order valence-corrected chi connectivity index (χ3v) is 6.83. The third kappa shape index (κ3) is 3.57. The molecule has 0 saturated carbocycles. The van der Waals surface area contributed by atoms with E-state index in [9.17, 15) is 12.8 Å². The van der Waals surface area contributed by atoms with Gasteiger partial charge in [-0.15, -0.1) is 0 Å². The number of hydrogen-bond acceptors (Lipinski definition) is 3. The average Bonchev–Trinajstić information content (AvgIpc) is 2.55. The normalized spacial score (nSPS) is 20.2. The summed E-state index contributed by atoms with van der Waals surface area (Å²) < 4.78 is 40.6. The number of nitrogen functional groups attached to an aromatic ring is 1. The Balaban J connectivity index is 2.36. The largest absolute Gasteiger partial charge is 0.396 e. The van der Waals surface area contributed by atoms with Crippen LogP contribution in [0.25, 0.3) is 0 Å². The molecular weight excluding hydrogens is 359 g/mol. The van der Waals surface area contributed by atoms with Crippen molar-refractivity contribution in [3.05, 3.63) is 22.4 Å². The summed E-state index contributed by atoms with van der Waals surface area (Å²) in [6.07, 6.45) is 2.62. The second kappa shape index (κ2) is 5.85. The Kier molecular flexibility index (Phi) is 4.66. The van der Waals surface area contributed by atoms with Crippen LogP contribution in [0, 0.1) is 11.2 Å². The first kappa shape index (κ1) is 16.7. The number of hydrogen-bond donors (Lipinski definition) is 1. The van der Waals surface area contributed by atoms with E-state index in [1.54, 1.807) is 0 Å². The van der Waals surface area contributed by atoms with Gasteiger partial charge in [-0.2, -0.15) is 4.31 Å². The predicted octanol–water partition coefficient (Wildman–Crippen LogP) is 3.37. The zero-order chi connectivity index (χ0) is 15.8. The lowest BCUT2D eigenvalue weighted by atomic mass is 9.85. The maximum absolute atomic E-state index is 13.4. The van der Waals surface area contributed by atoms with Gasteiger partial charge in [0.15, 0.2) is 0 Å². The van der Waals surface area contributed by atoms with E-state index in [0.29, 0.717) is 13.1 Å². The monoisotopic (exact) mass is 378 g/mol. The number of anilines is 1. The molecule has 0 amide bonds.